The van der Waals surface area contributed by atoms with Gasteiger partial charge in [-0.3, -0.25) is 0 Å². The molecule has 0 unspecified atom stereocenters. The molecule has 3 aromatic rings. The van der Waals surface area contributed by atoms with Crippen LogP contribution < -0.4 is 0 Å². The zero-order valence-corrected chi connectivity index (χ0v) is 19.5. The Hall–Kier alpha value is -2.51. The van der Waals surface area contributed by atoms with Crippen LogP contribution in [0.3, 0.4) is 0 Å². The summed E-state index contributed by atoms with van der Waals surface area (Å²) in [6.45, 7) is 6.10. The first-order chi connectivity index (χ1) is 15.3. The molecule has 1 heterocycles. The van der Waals surface area contributed by atoms with Crippen LogP contribution in [0.15, 0.2) is 89.8 Å². The molecule has 1 aliphatic rings. The van der Waals surface area contributed by atoms with E-state index in [4.69, 9.17) is 9.47 Å². The SMILES string of the molecule is Cc1ccc(S(=O)(=O)N(Cc2ccccc2)[C@H]2COC(C)(C)O[C@H]2c2ccccc2)cc1. The maximum Gasteiger partial charge on any atom is 0.243 e. The molecule has 0 spiro atoms. The molecule has 0 amide bonds. The van der Waals surface area contributed by atoms with E-state index >= 15 is 0 Å². The van der Waals surface area contributed by atoms with Crippen molar-refractivity contribution >= 4 is 10.0 Å². The fourth-order valence-corrected chi connectivity index (χ4v) is 5.55. The van der Waals surface area contributed by atoms with Gasteiger partial charge in [-0.05, 0) is 44.0 Å². The number of aryl methyl sites for hydroxylation is 1. The molecular formula is C26H29NO4S. The van der Waals surface area contributed by atoms with Gasteiger partial charge >= 0.3 is 0 Å². The second kappa shape index (κ2) is 9.16. The molecule has 4 rings (SSSR count). The van der Waals surface area contributed by atoms with Gasteiger partial charge in [0.15, 0.2) is 5.79 Å². The molecule has 168 valence electrons. The van der Waals surface area contributed by atoms with E-state index in [1.54, 1.807) is 12.1 Å². The summed E-state index contributed by atoms with van der Waals surface area (Å²) in [5.41, 5.74) is 2.83. The first kappa shape index (κ1) is 22.7. The molecule has 0 bridgehead atoms. The minimum absolute atomic E-state index is 0.220. The molecular weight excluding hydrogens is 422 g/mol. The Morgan fingerprint density at radius 2 is 1.50 bits per heavy atom. The van der Waals surface area contributed by atoms with Crippen LogP contribution >= 0.6 is 0 Å². The van der Waals surface area contributed by atoms with E-state index in [0.29, 0.717) is 0 Å². The van der Waals surface area contributed by atoms with E-state index < -0.39 is 28.0 Å². The molecule has 0 saturated carbocycles. The van der Waals surface area contributed by atoms with Crippen molar-refractivity contribution in [3.8, 4) is 0 Å². The quantitative estimate of drug-likeness (QED) is 0.525. The van der Waals surface area contributed by atoms with Crippen LogP contribution in [-0.4, -0.2) is 31.2 Å². The number of ether oxygens (including phenoxy) is 2. The normalized spacial score (nSPS) is 20.9. The Morgan fingerprint density at radius 1 is 0.906 bits per heavy atom. The van der Waals surface area contributed by atoms with Crippen molar-refractivity contribution in [3.05, 3.63) is 102 Å². The van der Waals surface area contributed by atoms with Crippen LogP contribution in [-0.2, 0) is 26.0 Å². The van der Waals surface area contributed by atoms with Gasteiger partial charge in [0.05, 0.1) is 17.5 Å². The minimum atomic E-state index is -3.82. The number of nitrogens with zero attached hydrogens (tertiary/aromatic N) is 1. The van der Waals surface area contributed by atoms with Gasteiger partial charge in [-0.1, -0.05) is 78.4 Å². The van der Waals surface area contributed by atoms with E-state index in [0.717, 1.165) is 16.7 Å². The lowest BCUT2D eigenvalue weighted by Gasteiger charge is -2.45. The monoisotopic (exact) mass is 451 g/mol. The smallest absolute Gasteiger partial charge is 0.243 e. The minimum Gasteiger partial charge on any atom is -0.349 e. The second-order valence-electron chi connectivity index (χ2n) is 8.58. The van der Waals surface area contributed by atoms with Crippen molar-refractivity contribution in [2.45, 2.75) is 50.1 Å². The lowest BCUT2D eigenvalue weighted by molar-refractivity contribution is -0.292. The van der Waals surface area contributed by atoms with E-state index in [2.05, 4.69) is 0 Å². The highest BCUT2D eigenvalue weighted by Gasteiger charge is 2.44. The largest absolute Gasteiger partial charge is 0.349 e. The van der Waals surface area contributed by atoms with Crippen molar-refractivity contribution in [1.82, 2.24) is 4.31 Å². The maximum atomic E-state index is 13.9. The highest BCUT2D eigenvalue weighted by Crippen LogP contribution is 2.38. The Morgan fingerprint density at radius 3 is 2.12 bits per heavy atom. The third-order valence-electron chi connectivity index (χ3n) is 5.67. The summed E-state index contributed by atoms with van der Waals surface area (Å²) >= 11 is 0. The number of hydrogen-bond donors (Lipinski definition) is 0. The summed E-state index contributed by atoms with van der Waals surface area (Å²) in [5.74, 6) is -0.816. The summed E-state index contributed by atoms with van der Waals surface area (Å²) in [6.07, 6.45) is -0.469. The average molecular weight is 452 g/mol. The van der Waals surface area contributed by atoms with Gasteiger partial charge in [-0.15, -0.1) is 0 Å². The standard InChI is InChI=1S/C26H29NO4S/c1-20-14-16-23(17-15-20)32(28,29)27(18-21-10-6-4-7-11-21)24-19-30-26(2,3)31-25(24)22-12-8-5-9-13-22/h4-17,24-25H,18-19H2,1-3H3/t24-,25-/m0/s1. The molecule has 1 fully saturated rings. The molecule has 5 nitrogen and oxygen atoms in total. The first-order valence-electron chi connectivity index (χ1n) is 10.8. The lowest BCUT2D eigenvalue weighted by Crippen LogP contribution is -2.53. The molecule has 0 N–H and O–H groups in total. The molecule has 32 heavy (non-hydrogen) atoms. The summed E-state index contributed by atoms with van der Waals surface area (Å²) in [6, 6.07) is 25.8. The summed E-state index contributed by atoms with van der Waals surface area (Å²) in [4.78, 5) is 0.260. The van der Waals surface area contributed by atoms with Crippen molar-refractivity contribution in [2.24, 2.45) is 0 Å². The van der Waals surface area contributed by atoms with Gasteiger partial charge in [0.2, 0.25) is 10.0 Å². The van der Waals surface area contributed by atoms with Gasteiger partial charge in [0, 0.05) is 6.54 Å². The first-order valence-corrected chi connectivity index (χ1v) is 12.2. The predicted octanol–water partition coefficient (Wildman–Crippen LogP) is 5.08. The number of benzene rings is 3. The van der Waals surface area contributed by atoms with E-state index in [1.165, 1.54) is 4.31 Å². The molecule has 2 atom stereocenters. The third kappa shape index (κ3) is 4.94. The van der Waals surface area contributed by atoms with Crippen molar-refractivity contribution in [2.75, 3.05) is 6.61 Å². The Labute approximate surface area is 190 Å². The van der Waals surface area contributed by atoms with Gasteiger partial charge in [0.25, 0.3) is 0 Å². The predicted molar refractivity (Wildman–Crippen MR) is 124 cm³/mol. The highest BCUT2D eigenvalue weighted by atomic mass is 32.2. The van der Waals surface area contributed by atoms with Crippen molar-refractivity contribution in [1.29, 1.82) is 0 Å². The van der Waals surface area contributed by atoms with Gasteiger partial charge < -0.3 is 9.47 Å². The Bertz CT molecular complexity index is 1130. The van der Waals surface area contributed by atoms with Crippen LogP contribution in [0.1, 0.15) is 36.6 Å². The zero-order chi connectivity index (χ0) is 22.8. The summed E-state index contributed by atoms with van der Waals surface area (Å²) in [7, 11) is -3.82. The fourth-order valence-electron chi connectivity index (χ4n) is 3.95. The van der Waals surface area contributed by atoms with Gasteiger partial charge in [0.1, 0.15) is 6.10 Å². The van der Waals surface area contributed by atoms with Crippen LogP contribution in [0.25, 0.3) is 0 Å². The average Bonchev–Trinajstić information content (AvgIpc) is 2.79. The van der Waals surface area contributed by atoms with Crippen molar-refractivity contribution < 1.29 is 17.9 Å². The molecule has 0 aliphatic carbocycles. The van der Waals surface area contributed by atoms with Crippen LogP contribution in [0, 0.1) is 6.92 Å². The fraction of sp³-hybridized carbons (Fsp3) is 0.308. The second-order valence-corrected chi connectivity index (χ2v) is 10.5. The topological polar surface area (TPSA) is 55.8 Å². The molecule has 0 radical (unpaired) electrons. The zero-order valence-electron chi connectivity index (χ0n) is 18.6. The van der Waals surface area contributed by atoms with Crippen LogP contribution in [0.5, 0.6) is 0 Å². The number of rotatable bonds is 6. The van der Waals surface area contributed by atoms with Crippen LogP contribution in [0.2, 0.25) is 0 Å². The van der Waals surface area contributed by atoms with Crippen LogP contribution in [0.4, 0.5) is 0 Å². The van der Waals surface area contributed by atoms with E-state index in [1.807, 2.05) is 93.6 Å². The highest BCUT2D eigenvalue weighted by molar-refractivity contribution is 7.89. The summed E-state index contributed by atoms with van der Waals surface area (Å²) in [5, 5.41) is 0. The molecule has 0 aromatic heterocycles. The molecule has 1 aliphatic heterocycles. The number of hydrogen-bond acceptors (Lipinski definition) is 4. The van der Waals surface area contributed by atoms with E-state index in [9.17, 15) is 8.42 Å². The lowest BCUT2D eigenvalue weighted by atomic mass is 10.00. The molecule has 1 saturated heterocycles. The summed E-state index contributed by atoms with van der Waals surface area (Å²) < 4.78 is 41.6. The van der Waals surface area contributed by atoms with Gasteiger partial charge in [-0.2, -0.15) is 4.31 Å². The maximum absolute atomic E-state index is 13.9. The van der Waals surface area contributed by atoms with E-state index in [-0.39, 0.29) is 18.0 Å². The van der Waals surface area contributed by atoms with Gasteiger partial charge in [-0.25, -0.2) is 8.42 Å². The Kier molecular flexibility index (Phi) is 6.49. The Balaban J connectivity index is 1.79. The molecule has 3 aromatic carbocycles. The third-order valence-corrected chi connectivity index (χ3v) is 7.55. The molecule has 6 heteroatoms. The number of sulfonamides is 1. The van der Waals surface area contributed by atoms with Crippen molar-refractivity contribution in [3.63, 3.8) is 0 Å².